The summed E-state index contributed by atoms with van der Waals surface area (Å²) in [6.07, 6.45) is 0. The van der Waals surface area contributed by atoms with Crippen LogP contribution in [-0.4, -0.2) is 21.9 Å². The van der Waals surface area contributed by atoms with Gasteiger partial charge in [-0.15, -0.1) is 0 Å². The van der Waals surface area contributed by atoms with E-state index in [1.165, 1.54) is 0 Å². The maximum absolute atomic E-state index is 11.9. The molecule has 1 aromatic heterocycles. The molecule has 0 aliphatic rings. The highest BCUT2D eigenvalue weighted by molar-refractivity contribution is 5.93. The number of nitrogens with zero attached hydrogens (tertiary/aromatic N) is 1. The van der Waals surface area contributed by atoms with E-state index in [-0.39, 0.29) is 17.6 Å². The van der Waals surface area contributed by atoms with Gasteiger partial charge in [-0.3, -0.25) is 4.79 Å². The molecule has 0 spiro atoms. The SMILES string of the molecule is Cc1ccc(-c2cc(C(=O)NC(C)C)[nH]c(=O)n2)cc1. The number of H-pyrrole nitrogens is 1. The standard InChI is InChI=1S/C15H17N3O2/c1-9(2)16-14(19)13-8-12(17-15(20)18-13)11-6-4-10(3)5-7-11/h4-9H,1-3H3,(H,16,19)(H,17,18,20). The van der Waals surface area contributed by atoms with Crippen LogP contribution < -0.4 is 11.0 Å². The molecule has 0 atom stereocenters. The molecule has 0 aliphatic carbocycles. The summed E-state index contributed by atoms with van der Waals surface area (Å²) in [5.74, 6) is -0.312. The van der Waals surface area contributed by atoms with Crippen molar-refractivity contribution in [2.75, 3.05) is 0 Å². The monoisotopic (exact) mass is 271 g/mol. The highest BCUT2D eigenvalue weighted by Gasteiger charge is 2.11. The molecule has 0 saturated carbocycles. The van der Waals surface area contributed by atoms with E-state index in [1.807, 2.05) is 45.0 Å². The molecule has 0 fully saturated rings. The first-order valence-electron chi connectivity index (χ1n) is 6.45. The van der Waals surface area contributed by atoms with Crippen LogP contribution in [0.3, 0.4) is 0 Å². The highest BCUT2D eigenvalue weighted by atomic mass is 16.2. The molecular weight excluding hydrogens is 254 g/mol. The van der Waals surface area contributed by atoms with Gasteiger partial charge in [0.1, 0.15) is 5.69 Å². The Morgan fingerprint density at radius 1 is 1.25 bits per heavy atom. The quantitative estimate of drug-likeness (QED) is 0.895. The number of hydrogen-bond donors (Lipinski definition) is 2. The Balaban J connectivity index is 2.41. The van der Waals surface area contributed by atoms with Crippen molar-refractivity contribution in [2.24, 2.45) is 0 Å². The molecule has 104 valence electrons. The number of aromatic amines is 1. The van der Waals surface area contributed by atoms with E-state index in [4.69, 9.17) is 0 Å². The lowest BCUT2D eigenvalue weighted by molar-refractivity contribution is 0.0937. The van der Waals surface area contributed by atoms with Gasteiger partial charge in [-0.25, -0.2) is 4.79 Å². The second-order valence-corrected chi connectivity index (χ2v) is 4.98. The summed E-state index contributed by atoms with van der Waals surface area (Å²) in [6, 6.07) is 9.21. The van der Waals surface area contributed by atoms with Crippen LogP contribution >= 0.6 is 0 Å². The zero-order chi connectivity index (χ0) is 14.7. The summed E-state index contributed by atoms with van der Waals surface area (Å²) < 4.78 is 0. The molecular formula is C15H17N3O2. The number of carbonyl (C=O) groups excluding carboxylic acids is 1. The summed E-state index contributed by atoms with van der Waals surface area (Å²) in [5, 5.41) is 2.74. The lowest BCUT2D eigenvalue weighted by Crippen LogP contribution is -2.32. The van der Waals surface area contributed by atoms with E-state index in [1.54, 1.807) is 6.07 Å². The van der Waals surface area contributed by atoms with Crippen LogP contribution in [0.2, 0.25) is 0 Å². The van der Waals surface area contributed by atoms with E-state index in [2.05, 4.69) is 15.3 Å². The van der Waals surface area contributed by atoms with E-state index in [9.17, 15) is 9.59 Å². The second-order valence-electron chi connectivity index (χ2n) is 4.98. The number of benzene rings is 1. The largest absolute Gasteiger partial charge is 0.349 e. The number of carbonyl (C=O) groups is 1. The van der Waals surface area contributed by atoms with Gasteiger partial charge < -0.3 is 10.3 Å². The smallest absolute Gasteiger partial charge is 0.346 e. The minimum Gasteiger partial charge on any atom is -0.349 e. The third-order valence-corrected chi connectivity index (χ3v) is 2.76. The Labute approximate surface area is 117 Å². The van der Waals surface area contributed by atoms with Crippen molar-refractivity contribution >= 4 is 5.91 Å². The molecule has 0 radical (unpaired) electrons. The van der Waals surface area contributed by atoms with E-state index in [0.29, 0.717) is 5.69 Å². The second kappa shape index (κ2) is 5.69. The lowest BCUT2D eigenvalue weighted by Gasteiger charge is -2.09. The van der Waals surface area contributed by atoms with Crippen LogP contribution in [0, 0.1) is 6.92 Å². The topological polar surface area (TPSA) is 74.8 Å². The zero-order valence-corrected chi connectivity index (χ0v) is 11.7. The first-order valence-corrected chi connectivity index (χ1v) is 6.45. The molecule has 5 heteroatoms. The summed E-state index contributed by atoms with van der Waals surface area (Å²) in [5.41, 5.74) is 2.10. The van der Waals surface area contributed by atoms with Gasteiger partial charge in [-0.1, -0.05) is 29.8 Å². The fourth-order valence-electron chi connectivity index (χ4n) is 1.79. The van der Waals surface area contributed by atoms with E-state index < -0.39 is 5.69 Å². The molecule has 0 saturated heterocycles. The van der Waals surface area contributed by atoms with Crippen LogP contribution in [0.15, 0.2) is 35.1 Å². The number of amides is 1. The van der Waals surface area contributed by atoms with Crippen molar-refractivity contribution in [3.05, 3.63) is 52.1 Å². The fourth-order valence-corrected chi connectivity index (χ4v) is 1.79. The van der Waals surface area contributed by atoms with Gasteiger partial charge in [0.2, 0.25) is 0 Å². The highest BCUT2D eigenvalue weighted by Crippen LogP contribution is 2.16. The Bertz CT molecular complexity index is 672. The Morgan fingerprint density at radius 2 is 1.90 bits per heavy atom. The third-order valence-electron chi connectivity index (χ3n) is 2.76. The molecule has 0 unspecified atom stereocenters. The van der Waals surface area contributed by atoms with Gasteiger partial charge in [0, 0.05) is 11.6 Å². The summed E-state index contributed by atoms with van der Waals surface area (Å²) in [6.45, 7) is 5.70. The summed E-state index contributed by atoms with van der Waals surface area (Å²) in [4.78, 5) is 29.9. The minimum absolute atomic E-state index is 0.00184. The number of aryl methyl sites for hydroxylation is 1. The molecule has 5 nitrogen and oxygen atoms in total. The van der Waals surface area contributed by atoms with Crippen molar-refractivity contribution in [1.29, 1.82) is 0 Å². The summed E-state index contributed by atoms with van der Waals surface area (Å²) in [7, 11) is 0. The normalized spacial score (nSPS) is 10.6. The van der Waals surface area contributed by atoms with Gasteiger partial charge in [-0.2, -0.15) is 4.98 Å². The average molecular weight is 271 g/mol. The predicted molar refractivity (Wildman–Crippen MR) is 77.6 cm³/mol. The Kier molecular flexibility index (Phi) is 3.98. The van der Waals surface area contributed by atoms with Crippen LogP contribution in [0.5, 0.6) is 0 Å². The van der Waals surface area contributed by atoms with Crippen LogP contribution in [0.1, 0.15) is 29.9 Å². The average Bonchev–Trinajstić information content (AvgIpc) is 2.38. The number of nitrogens with one attached hydrogen (secondary N) is 2. The molecule has 1 aromatic carbocycles. The maximum Gasteiger partial charge on any atom is 0.346 e. The van der Waals surface area contributed by atoms with Crippen LogP contribution in [0.4, 0.5) is 0 Å². The Morgan fingerprint density at radius 3 is 2.50 bits per heavy atom. The summed E-state index contributed by atoms with van der Waals surface area (Å²) >= 11 is 0. The number of hydrogen-bond acceptors (Lipinski definition) is 3. The van der Waals surface area contributed by atoms with E-state index >= 15 is 0 Å². The van der Waals surface area contributed by atoms with Crippen LogP contribution in [-0.2, 0) is 0 Å². The Hall–Kier alpha value is -2.43. The molecule has 0 bridgehead atoms. The predicted octanol–water partition coefficient (Wildman–Crippen LogP) is 1.88. The van der Waals surface area contributed by atoms with Gasteiger partial charge in [0.25, 0.3) is 5.91 Å². The zero-order valence-electron chi connectivity index (χ0n) is 11.7. The number of rotatable bonds is 3. The first-order chi connectivity index (χ1) is 9.45. The van der Waals surface area contributed by atoms with Gasteiger partial charge >= 0.3 is 5.69 Å². The van der Waals surface area contributed by atoms with Crippen molar-refractivity contribution in [1.82, 2.24) is 15.3 Å². The maximum atomic E-state index is 11.9. The molecule has 0 aliphatic heterocycles. The van der Waals surface area contributed by atoms with Crippen molar-refractivity contribution < 1.29 is 4.79 Å². The molecule has 2 N–H and O–H groups in total. The van der Waals surface area contributed by atoms with Crippen molar-refractivity contribution in [3.8, 4) is 11.3 Å². The first kappa shape index (κ1) is 14.0. The molecule has 1 amide bonds. The third kappa shape index (κ3) is 3.32. The van der Waals surface area contributed by atoms with Gasteiger partial charge in [-0.05, 0) is 26.8 Å². The van der Waals surface area contributed by atoms with Crippen molar-refractivity contribution in [2.45, 2.75) is 26.8 Å². The van der Waals surface area contributed by atoms with Gasteiger partial charge in [0.15, 0.2) is 0 Å². The molecule has 20 heavy (non-hydrogen) atoms. The van der Waals surface area contributed by atoms with Crippen LogP contribution in [0.25, 0.3) is 11.3 Å². The van der Waals surface area contributed by atoms with Gasteiger partial charge in [0.05, 0.1) is 5.69 Å². The molecule has 2 aromatic rings. The fraction of sp³-hybridized carbons (Fsp3) is 0.267. The lowest BCUT2D eigenvalue weighted by atomic mass is 10.1. The number of aromatic nitrogens is 2. The molecule has 2 rings (SSSR count). The minimum atomic E-state index is -0.531. The molecule has 1 heterocycles. The van der Waals surface area contributed by atoms with Crippen molar-refractivity contribution in [3.63, 3.8) is 0 Å². The van der Waals surface area contributed by atoms with E-state index in [0.717, 1.165) is 11.1 Å².